The van der Waals surface area contributed by atoms with Crippen LogP contribution in [0.4, 0.5) is 0 Å². The van der Waals surface area contributed by atoms with Gasteiger partial charge in [0.15, 0.2) is 24.6 Å². The number of nitrogens with two attached hydrogens (primary N) is 1. The predicted octanol–water partition coefficient (Wildman–Crippen LogP) is 0.995. The van der Waals surface area contributed by atoms with E-state index in [-0.39, 0.29) is 13.0 Å². The summed E-state index contributed by atoms with van der Waals surface area (Å²) in [5.41, 5.74) is 5.49. The number of carbonyl (C=O) groups excluding carboxylic acids is 4. The van der Waals surface area contributed by atoms with Crippen LogP contribution in [0.15, 0.2) is 0 Å². The van der Waals surface area contributed by atoms with E-state index in [1.807, 2.05) is 0 Å². The molecule has 1 rings (SSSR count). The largest absolute Gasteiger partial charge is 0.466 e. The van der Waals surface area contributed by atoms with Crippen molar-refractivity contribution in [3.8, 4) is 0 Å². The van der Waals surface area contributed by atoms with E-state index in [4.69, 9.17) is 34.2 Å². The van der Waals surface area contributed by atoms with E-state index in [2.05, 4.69) is 0 Å². The summed E-state index contributed by atoms with van der Waals surface area (Å²) in [7, 11) is 0. The number of hydrogen-bond acceptors (Lipinski definition) is 11. The fraction of sp³-hybridized carbons (Fsp3) is 0.810. The topological polar surface area (TPSA) is 150 Å². The highest BCUT2D eigenvalue weighted by atomic mass is 16.7. The molecule has 0 amide bonds. The van der Waals surface area contributed by atoms with Gasteiger partial charge < -0.3 is 34.2 Å². The third-order valence-electron chi connectivity index (χ3n) is 4.59. The molecule has 32 heavy (non-hydrogen) atoms. The molecule has 0 spiro atoms. The highest BCUT2D eigenvalue weighted by molar-refractivity contribution is 5.68. The molecule has 0 saturated carbocycles. The van der Waals surface area contributed by atoms with E-state index in [9.17, 15) is 19.2 Å². The van der Waals surface area contributed by atoms with Gasteiger partial charge in [0.2, 0.25) is 0 Å². The van der Waals surface area contributed by atoms with Gasteiger partial charge in [-0.05, 0) is 19.4 Å². The Morgan fingerprint density at radius 1 is 0.719 bits per heavy atom. The number of hydrogen-bond donors (Lipinski definition) is 1. The van der Waals surface area contributed by atoms with Gasteiger partial charge in [-0.2, -0.15) is 0 Å². The molecular formula is C21H35NO10. The lowest BCUT2D eigenvalue weighted by Crippen LogP contribution is -2.62. The van der Waals surface area contributed by atoms with Crippen LogP contribution in [0.2, 0.25) is 0 Å². The van der Waals surface area contributed by atoms with Crippen molar-refractivity contribution in [2.24, 2.45) is 5.73 Å². The van der Waals surface area contributed by atoms with Crippen LogP contribution in [0, 0.1) is 0 Å². The molecule has 1 aliphatic heterocycles. The zero-order valence-corrected chi connectivity index (χ0v) is 19.2. The molecule has 5 atom stereocenters. The predicted molar refractivity (Wildman–Crippen MR) is 110 cm³/mol. The molecule has 1 saturated heterocycles. The van der Waals surface area contributed by atoms with E-state index < -0.39 is 54.6 Å². The van der Waals surface area contributed by atoms with Gasteiger partial charge in [-0.15, -0.1) is 0 Å². The quantitative estimate of drug-likeness (QED) is 0.238. The van der Waals surface area contributed by atoms with Crippen molar-refractivity contribution in [3.05, 3.63) is 0 Å². The third kappa shape index (κ3) is 10.4. The Hall–Kier alpha value is -2.24. The van der Waals surface area contributed by atoms with Gasteiger partial charge >= 0.3 is 23.9 Å². The van der Waals surface area contributed by atoms with Crippen molar-refractivity contribution < 1.29 is 47.6 Å². The van der Waals surface area contributed by atoms with Gasteiger partial charge in [0.05, 0.1) is 6.61 Å². The Labute approximate surface area is 188 Å². The molecule has 11 nitrogen and oxygen atoms in total. The first-order chi connectivity index (χ1) is 15.1. The summed E-state index contributed by atoms with van der Waals surface area (Å²) in [6.07, 6.45) is -1.73. The summed E-state index contributed by atoms with van der Waals surface area (Å²) in [6.45, 7) is 5.74. The number of carbonyl (C=O) groups is 4. The van der Waals surface area contributed by atoms with Crippen molar-refractivity contribution in [3.63, 3.8) is 0 Å². The molecular weight excluding hydrogens is 426 g/mol. The van der Waals surface area contributed by atoms with Crippen molar-refractivity contribution in [1.29, 1.82) is 0 Å². The van der Waals surface area contributed by atoms with E-state index >= 15 is 0 Å². The average molecular weight is 462 g/mol. The summed E-state index contributed by atoms with van der Waals surface area (Å²) in [5.74, 6) is -2.43. The Balaban J connectivity index is 3.06. The molecule has 0 aromatic carbocycles. The molecule has 0 radical (unpaired) electrons. The smallest absolute Gasteiger partial charge is 0.303 e. The van der Waals surface area contributed by atoms with E-state index in [1.165, 1.54) is 27.7 Å². The number of unbranched alkanes of at least 4 members (excludes halogenated alkanes) is 3. The average Bonchev–Trinajstić information content (AvgIpc) is 2.68. The third-order valence-corrected chi connectivity index (χ3v) is 4.59. The van der Waals surface area contributed by atoms with E-state index in [0.29, 0.717) is 13.2 Å². The standard InChI is InChI=1S/C21H35NO10/c1-13(23)27-12-9-17-18(29-14(2)24)19(30-15(3)25)20(31-16(4)26)21(32-17)28-11-8-6-5-7-10-22/h17-21H,5-12,22H2,1-4H3/t17-,18-,19+,20+,21+/m1/s1. The Morgan fingerprint density at radius 3 is 1.84 bits per heavy atom. The lowest BCUT2D eigenvalue weighted by atomic mass is 9.96. The van der Waals surface area contributed by atoms with Crippen LogP contribution in [0.5, 0.6) is 0 Å². The van der Waals surface area contributed by atoms with Crippen LogP contribution >= 0.6 is 0 Å². The van der Waals surface area contributed by atoms with E-state index in [1.54, 1.807) is 0 Å². The minimum atomic E-state index is -1.17. The first-order valence-electron chi connectivity index (χ1n) is 10.8. The molecule has 0 unspecified atom stereocenters. The maximum atomic E-state index is 11.8. The summed E-state index contributed by atoms with van der Waals surface area (Å²) < 4.78 is 32.9. The molecule has 0 aliphatic carbocycles. The summed E-state index contributed by atoms with van der Waals surface area (Å²) in [6, 6.07) is 0. The second-order valence-electron chi connectivity index (χ2n) is 7.47. The normalized spacial score (nSPS) is 25.0. The molecule has 184 valence electrons. The zero-order chi connectivity index (χ0) is 24.1. The fourth-order valence-electron chi connectivity index (χ4n) is 3.34. The van der Waals surface area contributed by atoms with Crippen molar-refractivity contribution in [2.45, 2.75) is 90.5 Å². The van der Waals surface area contributed by atoms with Gasteiger partial charge in [0.25, 0.3) is 0 Å². The minimum Gasteiger partial charge on any atom is -0.466 e. The first-order valence-corrected chi connectivity index (χ1v) is 10.8. The molecule has 0 aromatic heterocycles. The van der Waals surface area contributed by atoms with Crippen LogP contribution in [-0.4, -0.2) is 74.3 Å². The lowest BCUT2D eigenvalue weighted by Gasteiger charge is -2.44. The van der Waals surface area contributed by atoms with Crippen LogP contribution in [0.3, 0.4) is 0 Å². The number of esters is 4. The number of ether oxygens (including phenoxy) is 6. The highest BCUT2D eigenvalue weighted by Crippen LogP contribution is 2.31. The van der Waals surface area contributed by atoms with Gasteiger partial charge in [-0.1, -0.05) is 12.8 Å². The Morgan fingerprint density at radius 2 is 1.28 bits per heavy atom. The Kier molecular flexibility index (Phi) is 12.8. The fourth-order valence-corrected chi connectivity index (χ4v) is 3.34. The SMILES string of the molecule is CC(=O)OCC[C@H]1O[C@H](OCCCCCCN)[C@@H](OC(C)=O)[C@@H](OC(C)=O)[C@@H]1OC(C)=O. The highest BCUT2D eigenvalue weighted by Gasteiger charge is 2.52. The number of rotatable bonds is 13. The maximum Gasteiger partial charge on any atom is 0.303 e. The van der Waals surface area contributed by atoms with Gasteiger partial charge in [-0.25, -0.2) is 0 Å². The van der Waals surface area contributed by atoms with Crippen molar-refractivity contribution in [2.75, 3.05) is 19.8 Å². The van der Waals surface area contributed by atoms with E-state index in [0.717, 1.165) is 25.7 Å². The van der Waals surface area contributed by atoms with Crippen LogP contribution in [0.1, 0.15) is 59.8 Å². The second-order valence-corrected chi connectivity index (χ2v) is 7.47. The van der Waals surface area contributed by atoms with Crippen LogP contribution < -0.4 is 5.73 Å². The molecule has 0 aromatic rings. The van der Waals surface area contributed by atoms with Gasteiger partial charge in [0.1, 0.15) is 6.10 Å². The monoisotopic (exact) mass is 461 g/mol. The lowest BCUT2D eigenvalue weighted by molar-refractivity contribution is -0.305. The zero-order valence-electron chi connectivity index (χ0n) is 19.2. The summed E-state index contributed by atoms with van der Waals surface area (Å²) >= 11 is 0. The Bertz CT molecular complexity index is 626. The molecule has 1 heterocycles. The molecule has 2 N–H and O–H groups in total. The molecule has 0 bridgehead atoms. The first kappa shape index (κ1) is 27.8. The molecule has 1 aliphatic rings. The second kappa shape index (κ2) is 14.8. The summed E-state index contributed by atoms with van der Waals surface area (Å²) in [5, 5.41) is 0. The maximum absolute atomic E-state index is 11.8. The van der Waals surface area contributed by atoms with Crippen LogP contribution in [0.25, 0.3) is 0 Å². The van der Waals surface area contributed by atoms with Crippen molar-refractivity contribution in [1.82, 2.24) is 0 Å². The minimum absolute atomic E-state index is 0.0192. The molecule has 1 fully saturated rings. The van der Waals surface area contributed by atoms with Gasteiger partial charge in [0, 0.05) is 40.7 Å². The summed E-state index contributed by atoms with van der Waals surface area (Å²) in [4.78, 5) is 46.4. The van der Waals surface area contributed by atoms with Crippen molar-refractivity contribution >= 4 is 23.9 Å². The van der Waals surface area contributed by atoms with Crippen LogP contribution in [-0.2, 0) is 47.6 Å². The molecule has 11 heteroatoms. The van der Waals surface area contributed by atoms with Gasteiger partial charge in [-0.3, -0.25) is 19.2 Å².